The van der Waals surface area contributed by atoms with Crippen LogP contribution in [0.2, 0.25) is 0 Å². The Kier molecular flexibility index (Phi) is 4.67. The Balaban J connectivity index is 2.41. The van der Waals surface area contributed by atoms with Gasteiger partial charge in [-0.25, -0.2) is 4.79 Å². The van der Waals surface area contributed by atoms with Crippen LogP contribution >= 0.6 is 0 Å². The maximum Gasteiger partial charge on any atom is 0.345 e. The number of hydrogen-bond acceptors (Lipinski definition) is 8. The van der Waals surface area contributed by atoms with Gasteiger partial charge >= 0.3 is 5.97 Å². The number of rotatable bonds is 6. The molecule has 112 valence electrons. The summed E-state index contributed by atoms with van der Waals surface area (Å²) in [4.78, 5) is 11.9. The molecule has 0 aromatic carbocycles. The number of carbonyl (C=O) groups is 1. The monoisotopic (exact) mass is 292 g/mol. The first-order chi connectivity index (χ1) is 10.2. The zero-order chi connectivity index (χ0) is 15.2. The fourth-order valence-corrected chi connectivity index (χ4v) is 1.71. The highest BCUT2D eigenvalue weighted by molar-refractivity contribution is 5.99. The number of ether oxygens (including phenoxy) is 2. The lowest BCUT2D eigenvalue weighted by atomic mass is 10.3. The van der Waals surface area contributed by atoms with Crippen LogP contribution in [0.15, 0.2) is 18.3 Å². The van der Waals surface area contributed by atoms with Crippen LogP contribution in [-0.4, -0.2) is 53.3 Å². The molecule has 9 heteroatoms. The molecule has 0 aliphatic rings. The molecule has 0 amide bonds. The maximum atomic E-state index is 11.9. The lowest BCUT2D eigenvalue weighted by Crippen LogP contribution is -2.12. The summed E-state index contributed by atoms with van der Waals surface area (Å²) in [5.41, 5.74) is 6.13. The van der Waals surface area contributed by atoms with Crippen molar-refractivity contribution in [1.82, 2.24) is 20.0 Å². The number of nitrogen functional groups attached to an aromatic ring is 1. The topological polar surface area (TPSA) is 117 Å². The maximum absolute atomic E-state index is 11.9. The first kappa shape index (κ1) is 14.7. The third-order valence-electron chi connectivity index (χ3n) is 2.68. The first-order valence-electron chi connectivity index (χ1n) is 6.16. The van der Waals surface area contributed by atoms with Gasteiger partial charge in [0.05, 0.1) is 13.7 Å². The second kappa shape index (κ2) is 6.66. The molecule has 0 atom stereocenters. The fourth-order valence-electron chi connectivity index (χ4n) is 1.71. The average Bonchev–Trinajstić information content (AvgIpc) is 2.84. The molecule has 0 aliphatic carbocycles. The molecule has 2 aromatic heterocycles. The van der Waals surface area contributed by atoms with Crippen molar-refractivity contribution in [3.63, 3.8) is 0 Å². The van der Waals surface area contributed by atoms with Crippen molar-refractivity contribution in [2.45, 2.75) is 0 Å². The van der Waals surface area contributed by atoms with Gasteiger partial charge < -0.3 is 20.5 Å². The molecule has 2 rings (SSSR count). The molecular formula is C12H16N6O3. The van der Waals surface area contributed by atoms with Gasteiger partial charge in [0.2, 0.25) is 0 Å². The van der Waals surface area contributed by atoms with E-state index in [2.05, 4.69) is 20.6 Å². The summed E-state index contributed by atoms with van der Waals surface area (Å²) in [7, 11) is 2.86. The normalized spacial score (nSPS) is 10.4. The van der Waals surface area contributed by atoms with E-state index in [-0.39, 0.29) is 11.4 Å². The van der Waals surface area contributed by atoms with E-state index >= 15 is 0 Å². The van der Waals surface area contributed by atoms with Gasteiger partial charge in [0, 0.05) is 19.9 Å². The van der Waals surface area contributed by atoms with Crippen molar-refractivity contribution in [3.05, 3.63) is 23.9 Å². The van der Waals surface area contributed by atoms with E-state index in [1.54, 1.807) is 19.2 Å². The highest BCUT2D eigenvalue weighted by atomic mass is 16.5. The fraction of sp³-hybridized carbons (Fsp3) is 0.333. The summed E-state index contributed by atoms with van der Waals surface area (Å²) in [5.74, 6) is 0.256. The van der Waals surface area contributed by atoms with E-state index in [1.165, 1.54) is 18.0 Å². The van der Waals surface area contributed by atoms with Gasteiger partial charge in [0.15, 0.2) is 11.6 Å². The number of carbonyl (C=O) groups excluding carboxylic acids is 1. The molecule has 2 heterocycles. The Morgan fingerprint density at radius 3 is 2.90 bits per heavy atom. The number of nitrogens with zero attached hydrogens (tertiary/aromatic N) is 4. The number of methoxy groups -OCH3 is 2. The Hall–Kier alpha value is -2.68. The van der Waals surface area contributed by atoms with Gasteiger partial charge in [-0.2, -0.15) is 9.78 Å². The van der Waals surface area contributed by atoms with Crippen LogP contribution in [0.25, 0.3) is 5.82 Å². The Morgan fingerprint density at radius 1 is 1.48 bits per heavy atom. The van der Waals surface area contributed by atoms with Gasteiger partial charge in [0.1, 0.15) is 11.4 Å². The minimum Gasteiger partial charge on any atom is -0.465 e. The number of nitrogens with one attached hydrogen (secondary N) is 1. The second-order valence-corrected chi connectivity index (χ2v) is 4.01. The van der Waals surface area contributed by atoms with E-state index in [0.717, 1.165) is 0 Å². The van der Waals surface area contributed by atoms with Gasteiger partial charge in [-0.1, -0.05) is 0 Å². The Morgan fingerprint density at radius 2 is 2.29 bits per heavy atom. The third-order valence-corrected chi connectivity index (χ3v) is 2.68. The molecule has 9 nitrogen and oxygen atoms in total. The van der Waals surface area contributed by atoms with Crippen molar-refractivity contribution in [3.8, 4) is 5.82 Å². The Bertz CT molecular complexity index is 613. The molecule has 0 spiro atoms. The number of nitrogens with two attached hydrogens (primary N) is 1. The van der Waals surface area contributed by atoms with Gasteiger partial charge in [-0.15, -0.1) is 10.2 Å². The Labute approximate surface area is 121 Å². The van der Waals surface area contributed by atoms with E-state index in [1.807, 2.05) is 0 Å². The summed E-state index contributed by atoms with van der Waals surface area (Å²) in [6.07, 6.45) is 1.53. The standard InChI is InChI=1S/C12H16N6O3/c1-20-7-6-14-11-9(12(19)21-2)10(13)18(17-11)8-4-3-5-15-16-8/h3-5H,6-7,13H2,1-2H3,(H,14,17). The van der Waals surface area contributed by atoms with Crippen molar-refractivity contribution < 1.29 is 14.3 Å². The van der Waals surface area contributed by atoms with Gasteiger partial charge in [-0.05, 0) is 12.1 Å². The van der Waals surface area contributed by atoms with Crippen LogP contribution in [0.1, 0.15) is 10.4 Å². The zero-order valence-corrected chi connectivity index (χ0v) is 11.7. The summed E-state index contributed by atoms with van der Waals surface area (Å²) < 4.78 is 11.0. The molecule has 0 saturated heterocycles. The molecule has 0 unspecified atom stereocenters. The number of hydrogen-bond donors (Lipinski definition) is 2. The SMILES string of the molecule is COCCNc1nn(-c2cccnn2)c(N)c1C(=O)OC. The number of anilines is 2. The highest BCUT2D eigenvalue weighted by Gasteiger charge is 2.24. The summed E-state index contributed by atoms with van der Waals surface area (Å²) in [5, 5.41) is 14.9. The van der Waals surface area contributed by atoms with Gasteiger partial charge in [0.25, 0.3) is 0 Å². The molecule has 0 bridgehead atoms. The predicted molar refractivity (Wildman–Crippen MR) is 75.3 cm³/mol. The van der Waals surface area contributed by atoms with E-state index in [0.29, 0.717) is 24.8 Å². The van der Waals surface area contributed by atoms with E-state index in [4.69, 9.17) is 15.2 Å². The van der Waals surface area contributed by atoms with Crippen LogP contribution in [0.3, 0.4) is 0 Å². The van der Waals surface area contributed by atoms with Crippen molar-refractivity contribution in [1.29, 1.82) is 0 Å². The minimum atomic E-state index is -0.581. The average molecular weight is 292 g/mol. The number of esters is 1. The predicted octanol–water partition coefficient (Wildman–Crippen LogP) is 0.0894. The lowest BCUT2D eigenvalue weighted by Gasteiger charge is -2.04. The molecular weight excluding hydrogens is 276 g/mol. The second-order valence-electron chi connectivity index (χ2n) is 4.01. The smallest absolute Gasteiger partial charge is 0.345 e. The van der Waals surface area contributed by atoms with Crippen molar-refractivity contribution >= 4 is 17.6 Å². The molecule has 0 saturated carbocycles. The van der Waals surface area contributed by atoms with Crippen molar-refractivity contribution in [2.24, 2.45) is 0 Å². The summed E-state index contributed by atoms with van der Waals surface area (Å²) in [6.45, 7) is 0.927. The molecule has 21 heavy (non-hydrogen) atoms. The first-order valence-corrected chi connectivity index (χ1v) is 6.16. The van der Waals surface area contributed by atoms with Gasteiger partial charge in [-0.3, -0.25) is 0 Å². The van der Waals surface area contributed by atoms with Crippen LogP contribution in [-0.2, 0) is 9.47 Å². The van der Waals surface area contributed by atoms with E-state index in [9.17, 15) is 4.79 Å². The lowest BCUT2D eigenvalue weighted by molar-refractivity contribution is 0.0603. The number of aromatic nitrogens is 4. The molecule has 0 radical (unpaired) electrons. The van der Waals surface area contributed by atoms with Crippen LogP contribution in [0, 0.1) is 0 Å². The minimum absolute atomic E-state index is 0.127. The van der Waals surface area contributed by atoms with Crippen molar-refractivity contribution in [2.75, 3.05) is 38.4 Å². The summed E-state index contributed by atoms with van der Waals surface area (Å²) >= 11 is 0. The summed E-state index contributed by atoms with van der Waals surface area (Å²) in [6, 6.07) is 3.37. The quantitative estimate of drug-likeness (QED) is 0.568. The zero-order valence-electron chi connectivity index (χ0n) is 11.7. The van der Waals surface area contributed by atoms with Crippen LogP contribution in [0.5, 0.6) is 0 Å². The highest BCUT2D eigenvalue weighted by Crippen LogP contribution is 2.24. The van der Waals surface area contributed by atoms with Crippen LogP contribution < -0.4 is 11.1 Å². The van der Waals surface area contributed by atoms with E-state index < -0.39 is 5.97 Å². The molecule has 0 fully saturated rings. The largest absolute Gasteiger partial charge is 0.465 e. The molecule has 3 N–H and O–H groups in total. The molecule has 2 aromatic rings. The van der Waals surface area contributed by atoms with Crippen LogP contribution in [0.4, 0.5) is 11.6 Å². The molecule has 0 aliphatic heterocycles. The third kappa shape index (κ3) is 3.08.